The summed E-state index contributed by atoms with van der Waals surface area (Å²) in [6, 6.07) is 28.3. The molecule has 0 bridgehead atoms. The lowest BCUT2D eigenvalue weighted by molar-refractivity contribution is 0.110. The summed E-state index contributed by atoms with van der Waals surface area (Å²) in [5.74, 6) is 0.863. The van der Waals surface area contributed by atoms with Crippen LogP contribution in [0.3, 0.4) is 0 Å². The summed E-state index contributed by atoms with van der Waals surface area (Å²) in [5.41, 5.74) is 4.95. The number of benzene rings is 3. The third kappa shape index (κ3) is 3.87. The summed E-state index contributed by atoms with van der Waals surface area (Å²) in [6.07, 6.45) is 0.310. The molecule has 5 rings (SSSR count). The molecule has 3 aromatic carbocycles. The van der Waals surface area contributed by atoms with Crippen LogP contribution in [0.4, 0.5) is 5.69 Å². The number of nitrogens with one attached hydrogen (secondary N) is 1. The molecule has 4 aromatic rings. The second-order valence-electron chi connectivity index (χ2n) is 7.81. The van der Waals surface area contributed by atoms with Crippen LogP contribution in [0.5, 0.6) is 5.75 Å². The van der Waals surface area contributed by atoms with Crippen LogP contribution in [-0.4, -0.2) is 16.6 Å². The van der Waals surface area contributed by atoms with Gasteiger partial charge in [0.2, 0.25) is 0 Å². The van der Waals surface area contributed by atoms with E-state index >= 15 is 0 Å². The van der Waals surface area contributed by atoms with Gasteiger partial charge in [-0.1, -0.05) is 54.6 Å². The Morgan fingerprint density at radius 1 is 0.933 bits per heavy atom. The zero-order valence-corrected chi connectivity index (χ0v) is 16.7. The van der Waals surface area contributed by atoms with Crippen LogP contribution in [0, 0.1) is 5.92 Å². The number of rotatable bonds is 5. The van der Waals surface area contributed by atoms with E-state index in [4.69, 9.17) is 4.74 Å². The van der Waals surface area contributed by atoms with Crippen molar-refractivity contribution in [3.05, 3.63) is 102 Å². The molecule has 0 saturated carbocycles. The summed E-state index contributed by atoms with van der Waals surface area (Å²) in [5, 5.41) is 15.6. The van der Waals surface area contributed by atoms with Gasteiger partial charge < -0.3 is 15.2 Å². The summed E-state index contributed by atoms with van der Waals surface area (Å²) >= 11 is 0. The fourth-order valence-electron chi connectivity index (χ4n) is 4.09. The van der Waals surface area contributed by atoms with Crippen LogP contribution in [0.25, 0.3) is 10.9 Å². The molecule has 2 heterocycles. The Hall–Kier alpha value is -3.37. The average molecular weight is 396 g/mol. The molecule has 0 saturated heterocycles. The standard InChI is InChI=1S/C26H24N2O2/c29-26-20(14-18-6-2-1-3-7-18)16-27-25-13-12-22(15-23(25)26)30-17-21-11-10-19-8-4-5-9-24(19)28-21/h1-13,15,20,26-27,29H,14,16-17H2/t20-,26+/m0/s1. The van der Waals surface area contributed by atoms with E-state index in [2.05, 4.69) is 34.6 Å². The predicted molar refractivity (Wildman–Crippen MR) is 120 cm³/mol. The highest BCUT2D eigenvalue weighted by atomic mass is 16.5. The SMILES string of the molecule is O[C@H]1c2cc(OCc3ccc4ccccc4n3)ccc2NC[C@@H]1Cc1ccccc1. The highest BCUT2D eigenvalue weighted by molar-refractivity contribution is 5.78. The van der Waals surface area contributed by atoms with Crippen molar-refractivity contribution >= 4 is 16.6 Å². The fraction of sp³-hybridized carbons (Fsp3) is 0.192. The average Bonchev–Trinajstić information content (AvgIpc) is 2.80. The first-order valence-corrected chi connectivity index (χ1v) is 10.3. The molecule has 0 unspecified atom stereocenters. The third-order valence-electron chi connectivity index (χ3n) is 5.73. The summed E-state index contributed by atoms with van der Waals surface area (Å²) < 4.78 is 6.01. The second kappa shape index (κ2) is 8.17. The van der Waals surface area contributed by atoms with Gasteiger partial charge in [0.05, 0.1) is 17.3 Å². The molecular weight excluding hydrogens is 372 g/mol. The number of anilines is 1. The van der Waals surface area contributed by atoms with Gasteiger partial charge in [0.15, 0.2) is 0 Å². The van der Waals surface area contributed by atoms with Crippen LogP contribution in [-0.2, 0) is 13.0 Å². The second-order valence-corrected chi connectivity index (χ2v) is 7.81. The minimum atomic E-state index is -0.524. The normalized spacial score (nSPS) is 17.9. The van der Waals surface area contributed by atoms with Crippen molar-refractivity contribution in [2.24, 2.45) is 5.92 Å². The highest BCUT2D eigenvalue weighted by Gasteiger charge is 2.28. The van der Waals surface area contributed by atoms with Crippen LogP contribution >= 0.6 is 0 Å². The number of para-hydroxylation sites is 1. The maximum atomic E-state index is 11.0. The lowest BCUT2D eigenvalue weighted by atomic mass is 9.86. The van der Waals surface area contributed by atoms with E-state index < -0.39 is 6.10 Å². The highest BCUT2D eigenvalue weighted by Crippen LogP contribution is 2.37. The Bertz CT molecular complexity index is 1160. The molecular formula is C26H24N2O2. The first kappa shape index (κ1) is 18.6. The van der Waals surface area contributed by atoms with Crippen molar-refractivity contribution in [3.8, 4) is 5.75 Å². The van der Waals surface area contributed by atoms with Gasteiger partial charge in [0.25, 0.3) is 0 Å². The van der Waals surface area contributed by atoms with Crippen LogP contribution in [0.2, 0.25) is 0 Å². The number of pyridine rings is 1. The summed E-state index contributed by atoms with van der Waals surface area (Å²) in [6.45, 7) is 1.14. The van der Waals surface area contributed by atoms with E-state index in [1.54, 1.807) is 0 Å². The molecule has 1 aliphatic rings. The van der Waals surface area contributed by atoms with Crippen LogP contribution in [0.15, 0.2) is 84.9 Å². The van der Waals surface area contributed by atoms with Crippen molar-refractivity contribution in [1.82, 2.24) is 4.98 Å². The van der Waals surface area contributed by atoms with Crippen molar-refractivity contribution in [1.29, 1.82) is 0 Å². The predicted octanol–water partition coefficient (Wildman–Crippen LogP) is 5.13. The van der Waals surface area contributed by atoms with E-state index in [-0.39, 0.29) is 5.92 Å². The Balaban J connectivity index is 1.30. The van der Waals surface area contributed by atoms with Crippen molar-refractivity contribution in [2.75, 3.05) is 11.9 Å². The van der Waals surface area contributed by atoms with Gasteiger partial charge in [-0.25, -0.2) is 4.98 Å². The van der Waals surface area contributed by atoms with E-state index in [1.165, 1.54) is 5.56 Å². The van der Waals surface area contributed by atoms with E-state index in [0.717, 1.165) is 46.6 Å². The molecule has 0 aliphatic carbocycles. The Labute approximate surface area is 176 Å². The minimum Gasteiger partial charge on any atom is -0.487 e. The maximum Gasteiger partial charge on any atom is 0.130 e. The number of aliphatic hydroxyl groups is 1. The van der Waals surface area contributed by atoms with Crippen LogP contribution in [0.1, 0.15) is 22.9 Å². The molecule has 1 aromatic heterocycles. The third-order valence-corrected chi connectivity index (χ3v) is 5.73. The molecule has 2 N–H and O–H groups in total. The zero-order chi connectivity index (χ0) is 20.3. The van der Waals surface area contributed by atoms with Crippen molar-refractivity contribution in [2.45, 2.75) is 19.1 Å². The number of aliphatic hydroxyl groups excluding tert-OH is 1. The Morgan fingerprint density at radius 2 is 1.77 bits per heavy atom. The lowest BCUT2D eigenvalue weighted by Crippen LogP contribution is -2.29. The molecule has 0 fully saturated rings. The van der Waals surface area contributed by atoms with Gasteiger partial charge in [-0.2, -0.15) is 0 Å². The molecule has 4 heteroatoms. The molecule has 4 nitrogen and oxygen atoms in total. The lowest BCUT2D eigenvalue weighted by Gasteiger charge is -2.31. The number of fused-ring (bicyclic) bond motifs is 2. The molecule has 0 spiro atoms. The van der Waals surface area contributed by atoms with Crippen molar-refractivity contribution in [3.63, 3.8) is 0 Å². The molecule has 1 aliphatic heterocycles. The summed E-state index contributed by atoms with van der Waals surface area (Å²) in [4.78, 5) is 4.66. The Morgan fingerprint density at radius 3 is 2.67 bits per heavy atom. The topological polar surface area (TPSA) is 54.4 Å². The minimum absolute atomic E-state index is 0.123. The van der Waals surface area contributed by atoms with Gasteiger partial charge in [-0.15, -0.1) is 0 Å². The largest absolute Gasteiger partial charge is 0.487 e. The van der Waals surface area contributed by atoms with Gasteiger partial charge in [-0.05, 0) is 42.3 Å². The molecule has 2 atom stereocenters. The quantitative estimate of drug-likeness (QED) is 0.491. The van der Waals surface area contributed by atoms with Crippen molar-refractivity contribution < 1.29 is 9.84 Å². The number of nitrogens with zero attached hydrogens (tertiary/aromatic N) is 1. The fourth-order valence-corrected chi connectivity index (χ4v) is 4.09. The number of aromatic nitrogens is 1. The molecule has 0 radical (unpaired) electrons. The molecule has 0 amide bonds. The monoisotopic (exact) mass is 396 g/mol. The van der Waals surface area contributed by atoms with E-state index in [1.807, 2.05) is 60.7 Å². The van der Waals surface area contributed by atoms with Crippen LogP contribution < -0.4 is 10.1 Å². The van der Waals surface area contributed by atoms with Gasteiger partial charge in [0, 0.05) is 29.1 Å². The van der Waals surface area contributed by atoms with E-state index in [9.17, 15) is 5.11 Å². The first-order valence-electron chi connectivity index (χ1n) is 10.3. The summed E-state index contributed by atoms with van der Waals surface area (Å²) in [7, 11) is 0. The van der Waals surface area contributed by atoms with Gasteiger partial charge in [0.1, 0.15) is 12.4 Å². The molecule has 30 heavy (non-hydrogen) atoms. The van der Waals surface area contributed by atoms with E-state index in [0.29, 0.717) is 6.61 Å². The number of ether oxygens (including phenoxy) is 1. The smallest absolute Gasteiger partial charge is 0.130 e. The molecule has 150 valence electrons. The number of hydrogen-bond donors (Lipinski definition) is 2. The zero-order valence-electron chi connectivity index (χ0n) is 16.7. The van der Waals surface area contributed by atoms with Gasteiger partial charge >= 0.3 is 0 Å². The maximum absolute atomic E-state index is 11.0. The first-order chi connectivity index (χ1) is 14.8. The number of hydrogen-bond acceptors (Lipinski definition) is 4. The Kier molecular flexibility index (Phi) is 5.08. The van der Waals surface area contributed by atoms with Gasteiger partial charge in [-0.3, -0.25) is 0 Å².